The van der Waals surface area contributed by atoms with Gasteiger partial charge in [-0.25, -0.2) is 4.79 Å². The van der Waals surface area contributed by atoms with Gasteiger partial charge in [-0.3, -0.25) is 0 Å². The van der Waals surface area contributed by atoms with Crippen LogP contribution < -0.4 is 0 Å². The van der Waals surface area contributed by atoms with Crippen molar-refractivity contribution < 1.29 is 199 Å². The minimum absolute atomic E-state index is 1.90. The molecule has 0 aromatic rings. The molecule has 0 atom stereocenters. The monoisotopic (exact) mass is 1190 g/mol. The third kappa shape index (κ3) is 9.53. The highest BCUT2D eigenvalue weighted by Crippen LogP contribution is 2.69. The first-order chi connectivity index (χ1) is 31.0. The summed E-state index contributed by atoms with van der Waals surface area (Å²) in [6.45, 7) is -5.44. The van der Waals surface area contributed by atoms with Crippen LogP contribution in [0.2, 0.25) is 0 Å². The highest BCUT2D eigenvalue weighted by atomic mass is 19.5. The number of ether oxygens (including phenoxy) is 2. The van der Waals surface area contributed by atoms with E-state index < -0.39 is 163 Å². The Morgan fingerprint density at radius 2 is 0.452 bits per heavy atom. The smallest absolute Gasteiger partial charge is 0.460 e. The first kappa shape index (κ1) is 69.2. The van der Waals surface area contributed by atoms with E-state index >= 15 is 0 Å². The second kappa shape index (κ2) is 18.5. The highest BCUT2D eigenvalue weighted by molar-refractivity contribution is 5.87. The van der Waals surface area contributed by atoms with Crippen molar-refractivity contribution >= 4 is 5.97 Å². The van der Waals surface area contributed by atoms with Gasteiger partial charge in [-0.2, -0.15) is 184 Å². The van der Waals surface area contributed by atoms with Crippen LogP contribution in [0.1, 0.15) is 12.8 Å². The molecule has 0 aromatic carbocycles. The molecule has 0 aromatic heterocycles. The average Bonchev–Trinajstić information content (AvgIpc) is 3.16. The molecule has 0 aliphatic carbocycles. The Morgan fingerprint density at radius 3 is 0.658 bits per heavy atom. The molecule has 0 radical (unpaired) electrons. The number of carbonyl (C=O) groups is 1. The van der Waals surface area contributed by atoms with Crippen LogP contribution in [0.3, 0.4) is 0 Å². The summed E-state index contributed by atoms with van der Waals surface area (Å²) in [5, 5.41) is 0. The summed E-state index contributed by atoms with van der Waals surface area (Å²) in [5.41, 5.74) is -1.90. The van der Waals surface area contributed by atoms with Crippen molar-refractivity contribution in [3.8, 4) is 0 Å². The Kier molecular flexibility index (Phi) is 17.5. The van der Waals surface area contributed by atoms with Gasteiger partial charge in [0.05, 0.1) is 31.8 Å². The molecule has 0 spiro atoms. The molecule has 0 saturated carbocycles. The summed E-state index contributed by atoms with van der Waals surface area (Å²) in [4.78, 5) is 11.7. The van der Waals surface area contributed by atoms with Crippen LogP contribution in [-0.2, 0) is 14.3 Å². The zero-order valence-corrected chi connectivity index (χ0v) is 32.3. The number of esters is 1. The van der Waals surface area contributed by atoms with Gasteiger partial charge in [0.1, 0.15) is 0 Å². The van der Waals surface area contributed by atoms with Gasteiger partial charge >= 0.3 is 125 Å². The van der Waals surface area contributed by atoms with E-state index in [0.717, 1.165) is 0 Å². The van der Waals surface area contributed by atoms with Crippen LogP contribution >= 0.6 is 0 Å². The Balaban J connectivity index is 6.31. The Labute approximate surface area is 369 Å². The third-order valence-electron chi connectivity index (χ3n) is 8.93. The average molecular weight is 1190 g/mol. The molecule has 0 aliphatic heterocycles. The first-order valence-electron chi connectivity index (χ1n) is 16.4. The molecule has 45 heteroatoms. The zero-order chi connectivity index (χ0) is 60.1. The molecule has 0 aliphatic rings. The minimum atomic E-state index is -9.56. The fourth-order valence-electron chi connectivity index (χ4n) is 4.32. The normalized spacial score (nSPS) is 16.5. The van der Waals surface area contributed by atoms with Crippen LogP contribution in [0.4, 0.5) is 184 Å². The predicted molar refractivity (Wildman–Crippen MR) is 141 cm³/mol. The molecule has 0 unspecified atom stereocenters. The SMILES string of the molecule is C=C(COCCC(F)(F)C(F)(F)C(F)(F)C(F)(F)C(F)(F)C(F)(F)C(F)(F)C(F)(F)C(F)(F)C(F)(F)F)C(=O)OCCC(F)(F)C(F)(F)C(F)(F)C(F)(F)C(F)(F)C(F)(F)C(F)(F)C(F)(F)C(F)(F)C(F)(F)F. The summed E-state index contributed by atoms with van der Waals surface area (Å²) >= 11 is 0. The molecule has 73 heavy (non-hydrogen) atoms. The number of carbonyl (C=O) groups excluding carboxylic acids is 1. The number of hydrogen-bond donors (Lipinski definition) is 0. The van der Waals surface area contributed by atoms with Gasteiger partial charge in [-0.15, -0.1) is 0 Å². The Morgan fingerprint density at radius 1 is 0.274 bits per heavy atom. The van der Waals surface area contributed by atoms with Crippen LogP contribution in [0.15, 0.2) is 12.2 Å². The lowest BCUT2D eigenvalue weighted by Gasteiger charge is -2.44. The third-order valence-corrected chi connectivity index (χ3v) is 8.93. The zero-order valence-electron chi connectivity index (χ0n) is 32.3. The van der Waals surface area contributed by atoms with Crippen molar-refractivity contribution in [3.63, 3.8) is 0 Å². The van der Waals surface area contributed by atoms with Gasteiger partial charge in [0.25, 0.3) is 0 Å². The van der Waals surface area contributed by atoms with Crippen LogP contribution in [0.25, 0.3) is 0 Å². The van der Waals surface area contributed by atoms with Crippen molar-refractivity contribution in [2.24, 2.45) is 0 Å². The number of hydrogen-bond acceptors (Lipinski definition) is 3. The molecule has 436 valence electrons. The van der Waals surface area contributed by atoms with E-state index in [0.29, 0.717) is 0 Å². The molecule has 0 bridgehead atoms. The lowest BCUT2D eigenvalue weighted by Crippen LogP contribution is -2.76. The van der Waals surface area contributed by atoms with Gasteiger partial charge in [-0.05, 0) is 0 Å². The molecular formula is C28H12F42O3. The van der Waals surface area contributed by atoms with Crippen LogP contribution in [0, 0.1) is 0 Å². The number of rotatable bonds is 25. The van der Waals surface area contributed by atoms with Crippen molar-refractivity contribution in [1.82, 2.24) is 0 Å². The van der Waals surface area contributed by atoms with E-state index in [9.17, 15) is 189 Å². The molecule has 0 heterocycles. The first-order valence-corrected chi connectivity index (χ1v) is 16.4. The van der Waals surface area contributed by atoms with Gasteiger partial charge in [0, 0.05) is 6.42 Å². The minimum Gasteiger partial charge on any atom is -0.462 e. The Hall–Kier alpha value is -3.77. The summed E-state index contributed by atoms with van der Waals surface area (Å²) in [6, 6.07) is 0. The Bertz CT molecular complexity index is 1970. The topological polar surface area (TPSA) is 35.5 Å². The van der Waals surface area contributed by atoms with Gasteiger partial charge in [-0.1, -0.05) is 6.58 Å². The van der Waals surface area contributed by atoms with Crippen LogP contribution in [-0.4, -0.2) is 145 Å². The van der Waals surface area contributed by atoms with Crippen molar-refractivity contribution in [2.45, 2.75) is 132 Å². The van der Waals surface area contributed by atoms with E-state index in [1.165, 1.54) is 0 Å². The van der Waals surface area contributed by atoms with Crippen molar-refractivity contribution in [2.75, 3.05) is 19.8 Å². The summed E-state index contributed by atoms with van der Waals surface area (Å²) in [5.74, 6) is -164. The molecule has 0 N–H and O–H groups in total. The molecule has 0 saturated heterocycles. The quantitative estimate of drug-likeness (QED) is 0.0396. The van der Waals surface area contributed by atoms with Crippen molar-refractivity contribution in [3.05, 3.63) is 12.2 Å². The molecule has 3 nitrogen and oxygen atoms in total. The maximum atomic E-state index is 14.0. The summed E-state index contributed by atoms with van der Waals surface area (Å²) in [6.07, 6.45) is -23.7. The lowest BCUT2D eigenvalue weighted by molar-refractivity contribution is -0.474. The van der Waals surface area contributed by atoms with Crippen molar-refractivity contribution in [1.29, 1.82) is 0 Å². The number of alkyl halides is 42. The second-order valence-corrected chi connectivity index (χ2v) is 13.9. The van der Waals surface area contributed by atoms with E-state index in [1.54, 1.807) is 0 Å². The predicted octanol–water partition coefficient (Wildman–Crippen LogP) is 14.4. The maximum absolute atomic E-state index is 14.0. The van der Waals surface area contributed by atoms with E-state index in [1.807, 2.05) is 0 Å². The lowest BCUT2D eigenvalue weighted by atomic mass is 9.86. The maximum Gasteiger partial charge on any atom is 0.460 e. The standard InChI is InChI=1S/C28H12F42O3/c1-7(6-72-4-2-9(29,30)11(33,34)13(37,38)15(41,42)17(45,46)19(49,50)21(53,54)23(57,58)25(61,62)27(65,66)67)8(71)73-5-3-10(31,32)12(35,36)14(39,40)16(43,44)18(47,48)20(51,52)22(55,56)24(59,60)26(63,64)28(68,69)70/h1-6H2. The van der Waals surface area contributed by atoms with E-state index in [-0.39, 0.29) is 0 Å². The summed E-state index contributed by atoms with van der Waals surface area (Å²) < 4.78 is 573. The summed E-state index contributed by atoms with van der Waals surface area (Å²) in [7, 11) is 0. The molecular weight excluding hydrogens is 1180 g/mol. The fourth-order valence-corrected chi connectivity index (χ4v) is 4.32. The van der Waals surface area contributed by atoms with E-state index in [2.05, 4.69) is 16.1 Å². The number of halogens is 42. The van der Waals surface area contributed by atoms with Gasteiger partial charge in [0.2, 0.25) is 0 Å². The van der Waals surface area contributed by atoms with Gasteiger partial charge in [0.15, 0.2) is 0 Å². The second-order valence-electron chi connectivity index (χ2n) is 13.9. The highest BCUT2D eigenvalue weighted by Gasteiger charge is 3.00. The van der Waals surface area contributed by atoms with E-state index in [4.69, 9.17) is 0 Å². The fraction of sp³-hybridized carbons (Fsp3) is 0.893. The molecule has 0 rings (SSSR count). The largest absolute Gasteiger partial charge is 0.462 e. The van der Waals surface area contributed by atoms with Gasteiger partial charge < -0.3 is 9.47 Å². The molecule has 0 fully saturated rings. The van der Waals surface area contributed by atoms with Crippen LogP contribution in [0.5, 0.6) is 0 Å². The molecule has 0 amide bonds.